The van der Waals surface area contributed by atoms with E-state index in [-0.39, 0.29) is 10.3 Å². The molecule has 0 heterocycles. The number of hydrogen-bond acceptors (Lipinski definition) is 4. The number of ether oxygens (including phenoxy) is 1. The summed E-state index contributed by atoms with van der Waals surface area (Å²) in [6.07, 6.45) is 0.708. The second-order valence-electron chi connectivity index (χ2n) is 9.56. The summed E-state index contributed by atoms with van der Waals surface area (Å²) in [7, 11) is -4.12. The van der Waals surface area contributed by atoms with Crippen LogP contribution in [0.3, 0.4) is 0 Å². The molecule has 2 rings (SSSR count). The highest BCUT2D eigenvalue weighted by Gasteiger charge is 2.31. The average Bonchev–Trinajstić information content (AvgIpc) is 2.65. The van der Waals surface area contributed by atoms with Gasteiger partial charge in [-0.3, -0.25) is 9.10 Å². The predicted octanol–water partition coefficient (Wildman–Crippen LogP) is 4.75. The van der Waals surface area contributed by atoms with E-state index < -0.39 is 33.8 Å². The number of sulfonamides is 1. The molecule has 1 amide bonds. The van der Waals surface area contributed by atoms with Gasteiger partial charge in [0, 0.05) is 5.54 Å². The number of carbonyl (C=O) groups is 1. The molecule has 176 valence electrons. The summed E-state index contributed by atoms with van der Waals surface area (Å²) in [6, 6.07) is 11.0. The van der Waals surface area contributed by atoms with Gasteiger partial charge in [0.25, 0.3) is 10.0 Å². The van der Waals surface area contributed by atoms with Crippen LogP contribution in [0.5, 0.6) is 5.75 Å². The van der Waals surface area contributed by atoms with Crippen LogP contribution in [-0.4, -0.2) is 33.0 Å². The molecule has 0 aromatic heterocycles. The van der Waals surface area contributed by atoms with Gasteiger partial charge in [0.1, 0.15) is 18.1 Å². The second-order valence-corrected chi connectivity index (χ2v) is 11.4. The van der Waals surface area contributed by atoms with Crippen molar-refractivity contribution in [2.75, 3.05) is 17.5 Å². The summed E-state index contributed by atoms with van der Waals surface area (Å²) >= 11 is 0. The fourth-order valence-electron chi connectivity index (χ4n) is 3.84. The Morgan fingerprint density at radius 1 is 1.00 bits per heavy atom. The van der Waals surface area contributed by atoms with E-state index >= 15 is 0 Å². The molecule has 0 atom stereocenters. The Balaban J connectivity index is 2.38. The molecule has 0 radical (unpaired) electrons. The molecule has 0 bridgehead atoms. The van der Waals surface area contributed by atoms with Gasteiger partial charge >= 0.3 is 0 Å². The maximum Gasteiger partial charge on any atom is 0.264 e. The average molecular weight is 465 g/mol. The second kappa shape index (κ2) is 9.90. The Morgan fingerprint density at radius 3 is 2.06 bits per heavy atom. The number of halogens is 1. The molecule has 2 aromatic rings. The van der Waals surface area contributed by atoms with Crippen molar-refractivity contribution >= 4 is 21.6 Å². The number of nitrogens with one attached hydrogen (secondary N) is 1. The van der Waals surface area contributed by atoms with Gasteiger partial charge in [0.15, 0.2) is 0 Å². The summed E-state index contributed by atoms with van der Waals surface area (Å²) in [5.74, 6) is -0.386. The van der Waals surface area contributed by atoms with Crippen LogP contribution in [0.2, 0.25) is 0 Å². The molecule has 0 saturated heterocycles. The van der Waals surface area contributed by atoms with Gasteiger partial charge in [-0.15, -0.1) is 0 Å². The van der Waals surface area contributed by atoms with Crippen molar-refractivity contribution in [3.05, 3.63) is 54.3 Å². The number of anilines is 1. The number of hydrogen-bond donors (Lipinski definition) is 1. The summed E-state index contributed by atoms with van der Waals surface area (Å²) in [4.78, 5) is 12.8. The van der Waals surface area contributed by atoms with Gasteiger partial charge in [-0.25, -0.2) is 12.8 Å². The van der Waals surface area contributed by atoms with E-state index in [2.05, 4.69) is 26.1 Å². The lowest BCUT2D eigenvalue weighted by Crippen LogP contribution is -2.50. The lowest BCUT2D eigenvalue weighted by atomic mass is 9.82. The Morgan fingerprint density at radius 2 is 1.56 bits per heavy atom. The number of nitrogens with zero attached hydrogens (tertiary/aromatic N) is 1. The van der Waals surface area contributed by atoms with Gasteiger partial charge in [-0.2, -0.15) is 0 Å². The minimum absolute atomic E-state index is 0.0221. The Bertz CT molecular complexity index is 1010. The molecule has 1 N–H and O–H groups in total. The third kappa shape index (κ3) is 7.22. The molecular formula is C24H33FN2O4S. The first-order valence-electron chi connectivity index (χ1n) is 10.6. The van der Waals surface area contributed by atoms with E-state index in [1.54, 1.807) is 24.3 Å². The largest absolute Gasteiger partial charge is 0.494 e. The van der Waals surface area contributed by atoms with Crippen molar-refractivity contribution in [3.8, 4) is 5.75 Å². The Kier molecular flexibility index (Phi) is 7.93. The molecule has 32 heavy (non-hydrogen) atoms. The highest BCUT2D eigenvalue weighted by Crippen LogP contribution is 2.28. The van der Waals surface area contributed by atoms with E-state index in [1.165, 1.54) is 12.1 Å². The summed E-state index contributed by atoms with van der Waals surface area (Å²) < 4.78 is 46.6. The summed E-state index contributed by atoms with van der Waals surface area (Å²) in [5, 5.41) is 2.95. The van der Waals surface area contributed by atoms with Gasteiger partial charge in [-0.05, 0) is 81.1 Å². The van der Waals surface area contributed by atoms with E-state index in [1.807, 2.05) is 20.8 Å². The van der Waals surface area contributed by atoms with Crippen LogP contribution in [0.25, 0.3) is 0 Å². The van der Waals surface area contributed by atoms with Crippen molar-refractivity contribution in [2.45, 2.75) is 58.4 Å². The molecule has 0 aliphatic rings. The predicted molar refractivity (Wildman–Crippen MR) is 125 cm³/mol. The molecule has 0 spiro atoms. The maximum atomic E-state index is 13.4. The minimum atomic E-state index is -4.12. The molecule has 0 unspecified atom stereocenters. The first-order valence-corrected chi connectivity index (χ1v) is 12.0. The monoisotopic (exact) mass is 464 g/mol. The van der Waals surface area contributed by atoms with E-state index in [0.29, 0.717) is 24.5 Å². The highest BCUT2D eigenvalue weighted by atomic mass is 32.2. The van der Waals surface area contributed by atoms with E-state index in [0.717, 1.165) is 16.4 Å². The fraction of sp³-hybridized carbons (Fsp3) is 0.458. The van der Waals surface area contributed by atoms with Crippen LogP contribution in [0.1, 0.15) is 48.0 Å². The third-order valence-electron chi connectivity index (χ3n) is 4.57. The van der Waals surface area contributed by atoms with Crippen molar-refractivity contribution in [2.24, 2.45) is 5.41 Å². The molecule has 8 heteroatoms. The van der Waals surface area contributed by atoms with Crippen LogP contribution < -0.4 is 14.4 Å². The zero-order valence-electron chi connectivity index (χ0n) is 19.6. The minimum Gasteiger partial charge on any atom is -0.494 e. The van der Waals surface area contributed by atoms with E-state index in [9.17, 15) is 17.6 Å². The zero-order valence-corrected chi connectivity index (χ0v) is 20.4. The van der Waals surface area contributed by atoms with Crippen LogP contribution in [0.15, 0.2) is 53.4 Å². The van der Waals surface area contributed by atoms with Crippen LogP contribution in [-0.2, 0) is 14.8 Å². The number of rotatable bonds is 9. The van der Waals surface area contributed by atoms with Gasteiger partial charge in [0.2, 0.25) is 5.91 Å². The fourth-order valence-corrected chi connectivity index (χ4v) is 5.26. The van der Waals surface area contributed by atoms with Crippen molar-refractivity contribution in [3.63, 3.8) is 0 Å². The molecule has 0 saturated carbocycles. The van der Waals surface area contributed by atoms with Gasteiger partial charge < -0.3 is 10.1 Å². The summed E-state index contributed by atoms with van der Waals surface area (Å²) in [6.45, 7) is 12.0. The van der Waals surface area contributed by atoms with E-state index in [4.69, 9.17) is 4.74 Å². The highest BCUT2D eigenvalue weighted by molar-refractivity contribution is 7.92. The number of benzene rings is 2. The van der Waals surface area contributed by atoms with Crippen molar-refractivity contribution in [1.82, 2.24) is 5.32 Å². The molecule has 0 aliphatic carbocycles. The lowest BCUT2D eigenvalue weighted by molar-refractivity contribution is -0.121. The Labute approximate surface area is 190 Å². The topological polar surface area (TPSA) is 75.7 Å². The number of amides is 1. The standard InChI is InChI=1S/C24H33FN2O4S/c1-7-31-20-12-10-19(11-13-20)27(32(29,30)21-14-8-18(25)9-15-21)16-22(28)26-24(5,6)17-23(2,3)4/h8-15H,7,16-17H2,1-6H3,(H,26,28). The molecular weight excluding hydrogens is 431 g/mol. The first-order chi connectivity index (χ1) is 14.7. The first kappa shape index (κ1) is 25.6. The quantitative estimate of drug-likeness (QED) is 0.581. The lowest BCUT2D eigenvalue weighted by Gasteiger charge is -2.34. The maximum absolute atomic E-state index is 13.4. The smallest absolute Gasteiger partial charge is 0.264 e. The SMILES string of the molecule is CCOc1ccc(N(CC(=O)NC(C)(C)CC(C)(C)C)S(=O)(=O)c2ccc(F)cc2)cc1. The van der Waals surface area contributed by atoms with Crippen LogP contribution in [0, 0.1) is 11.2 Å². The normalized spacial score (nSPS) is 12.3. The van der Waals surface area contributed by atoms with Crippen molar-refractivity contribution < 1.29 is 22.3 Å². The Hall–Kier alpha value is -2.61. The molecule has 0 fully saturated rings. The summed E-state index contributed by atoms with van der Waals surface area (Å²) in [5.41, 5.74) is -0.243. The van der Waals surface area contributed by atoms with Crippen LogP contribution >= 0.6 is 0 Å². The molecule has 2 aromatic carbocycles. The molecule has 6 nitrogen and oxygen atoms in total. The molecule has 0 aliphatic heterocycles. The van der Waals surface area contributed by atoms with Crippen LogP contribution in [0.4, 0.5) is 10.1 Å². The van der Waals surface area contributed by atoms with Gasteiger partial charge in [0.05, 0.1) is 17.2 Å². The zero-order chi connectivity index (χ0) is 24.2. The van der Waals surface area contributed by atoms with Crippen molar-refractivity contribution in [1.29, 1.82) is 0 Å². The third-order valence-corrected chi connectivity index (χ3v) is 6.36. The van der Waals surface area contributed by atoms with Gasteiger partial charge in [-0.1, -0.05) is 20.8 Å². The number of carbonyl (C=O) groups excluding carboxylic acids is 1.